The third kappa shape index (κ3) is 4.21. The Kier molecular flexibility index (Phi) is 4.71. The van der Waals surface area contributed by atoms with Crippen molar-refractivity contribution in [2.45, 2.75) is 19.8 Å². The molecule has 0 radical (unpaired) electrons. The van der Waals surface area contributed by atoms with E-state index in [9.17, 15) is 18.3 Å². The van der Waals surface area contributed by atoms with Crippen molar-refractivity contribution in [3.05, 3.63) is 57.9 Å². The molecule has 0 aliphatic rings. The van der Waals surface area contributed by atoms with E-state index >= 15 is 0 Å². The normalized spacial score (nSPS) is 11.5. The van der Waals surface area contributed by atoms with Crippen LogP contribution in [0.25, 0.3) is 5.69 Å². The molecule has 0 aliphatic carbocycles. The highest BCUT2D eigenvalue weighted by Gasteiger charge is 2.07. The van der Waals surface area contributed by atoms with Crippen molar-refractivity contribution < 1.29 is 13.5 Å². The Morgan fingerprint density at radius 1 is 1.14 bits per heavy atom. The molecule has 6 heteroatoms. The SMILES string of the molecule is Cc1cc(O)n(-c2ccc(CCCS(C)(=O)=O)cc2)c(=O)c1. The summed E-state index contributed by atoms with van der Waals surface area (Å²) < 4.78 is 23.4. The second kappa shape index (κ2) is 6.36. The minimum Gasteiger partial charge on any atom is -0.494 e. The van der Waals surface area contributed by atoms with Crippen LogP contribution in [0.5, 0.6) is 5.88 Å². The highest BCUT2D eigenvalue weighted by molar-refractivity contribution is 7.90. The van der Waals surface area contributed by atoms with Crippen LogP contribution in [0.3, 0.4) is 0 Å². The summed E-state index contributed by atoms with van der Waals surface area (Å²) in [6, 6.07) is 10.1. The molecule has 0 fully saturated rings. The summed E-state index contributed by atoms with van der Waals surface area (Å²) in [4.78, 5) is 12.0. The molecule has 0 aliphatic heterocycles. The van der Waals surface area contributed by atoms with E-state index in [0.29, 0.717) is 24.1 Å². The van der Waals surface area contributed by atoms with Gasteiger partial charge in [-0.05, 0) is 43.0 Å². The van der Waals surface area contributed by atoms with Crippen molar-refractivity contribution in [1.29, 1.82) is 0 Å². The molecule has 0 spiro atoms. The lowest BCUT2D eigenvalue weighted by molar-refractivity contribution is 0.435. The smallest absolute Gasteiger partial charge is 0.258 e. The Morgan fingerprint density at radius 3 is 2.32 bits per heavy atom. The van der Waals surface area contributed by atoms with Crippen LogP contribution in [0.4, 0.5) is 0 Å². The van der Waals surface area contributed by atoms with E-state index < -0.39 is 9.84 Å². The predicted octanol–water partition coefficient (Wildman–Crippen LogP) is 1.83. The van der Waals surface area contributed by atoms with E-state index in [-0.39, 0.29) is 17.2 Å². The first kappa shape index (κ1) is 16.3. The van der Waals surface area contributed by atoms with Crippen molar-refractivity contribution in [1.82, 2.24) is 4.57 Å². The van der Waals surface area contributed by atoms with Crippen LogP contribution in [-0.4, -0.2) is 30.1 Å². The molecule has 0 saturated carbocycles. The summed E-state index contributed by atoms with van der Waals surface area (Å²) in [6.45, 7) is 1.75. The van der Waals surface area contributed by atoms with Gasteiger partial charge >= 0.3 is 0 Å². The zero-order valence-electron chi connectivity index (χ0n) is 12.6. The van der Waals surface area contributed by atoms with Gasteiger partial charge in [0.15, 0.2) is 5.88 Å². The molecule has 1 aromatic carbocycles. The lowest BCUT2D eigenvalue weighted by Gasteiger charge is -2.10. The average Bonchev–Trinajstić information content (AvgIpc) is 2.38. The molecular formula is C16H19NO4S. The fraction of sp³-hybridized carbons (Fsp3) is 0.312. The molecule has 2 aromatic rings. The molecule has 0 unspecified atom stereocenters. The van der Waals surface area contributed by atoms with Crippen molar-refractivity contribution in [3.8, 4) is 11.6 Å². The second-order valence-electron chi connectivity index (χ2n) is 5.46. The van der Waals surface area contributed by atoms with Crippen LogP contribution in [0.1, 0.15) is 17.5 Å². The Hall–Kier alpha value is -2.08. The summed E-state index contributed by atoms with van der Waals surface area (Å²) in [5.41, 5.74) is 1.99. The Morgan fingerprint density at radius 2 is 1.77 bits per heavy atom. The van der Waals surface area contributed by atoms with Crippen LogP contribution in [-0.2, 0) is 16.3 Å². The Labute approximate surface area is 129 Å². The topological polar surface area (TPSA) is 76.4 Å². The van der Waals surface area contributed by atoms with Crippen molar-refractivity contribution in [2.75, 3.05) is 12.0 Å². The third-order valence-electron chi connectivity index (χ3n) is 3.33. The first-order valence-corrected chi connectivity index (χ1v) is 9.02. The second-order valence-corrected chi connectivity index (χ2v) is 7.72. The zero-order valence-corrected chi connectivity index (χ0v) is 13.4. The summed E-state index contributed by atoms with van der Waals surface area (Å²) in [6.07, 6.45) is 2.44. The minimum absolute atomic E-state index is 0.102. The molecule has 22 heavy (non-hydrogen) atoms. The van der Waals surface area contributed by atoms with Gasteiger partial charge in [-0.3, -0.25) is 4.79 Å². The summed E-state index contributed by atoms with van der Waals surface area (Å²) in [7, 11) is -2.94. The quantitative estimate of drug-likeness (QED) is 0.911. The Balaban J connectivity index is 2.18. The van der Waals surface area contributed by atoms with Crippen molar-refractivity contribution >= 4 is 9.84 Å². The molecule has 1 N–H and O–H groups in total. The number of sulfone groups is 1. The van der Waals surface area contributed by atoms with Crippen LogP contribution >= 0.6 is 0 Å². The van der Waals surface area contributed by atoms with Gasteiger partial charge < -0.3 is 5.11 Å². The molecule has 5 nitrogen and oxygen atoms in total. The molecule has 0 atom stereocenters. The standard InChI is InChI=1S/C16H19NO4S/c1-12-10-15(18)17(16(19)11-12)14-7-5-13(6-8-14)4-3-9-22(2,20)21/h5-8,10-11,18H,3-4,9H2,1-2H3. The number of aromatic nitrogens is 1. The molecule has 1 aromatic heterocycles. The first-order chi connectivity index (χ1) is 10.3. The van der Waals surface area contributed by atoms with Crippen LogP contribution in [0.15, 0.2) is 41.2 Å². The molecule has 2 rings (SSSR count). The van der Waals surface area contributed by atoms with Gasteiger partial charge in [-0.15, -0.1) is 0 Å². The maximum atomic E-state index is 12.0. The first-order valence-electron chi connectivity index (χ1n) is 6.96. The summed E-state index contributed by atoms with van der Waals surface area (Å²) >= 11 is 0. The van der Waals surface area contributed by atoms with Gasteiger partial charge in [0.1, 0.15) is 9.84 Å². The number of rotatable bonds is 5. The van der Waals surface area contributed by atoms with Crippen LogP contribution < -0.4 is 5.56 Å². The molecule has 0 bridgehead atoms. The van der Waals surface area contributed by atoms with Gasteiger partial charge in [0.25, 0.3) is 5.56 Å². The van der Waals surface area contributed by atoms with E-state index in [1.165, 1.54) is 23.0 Å². The molecule has 0 amide bonds. The highest BCUT2D eigenvalue weighted by atomic mass is 32.2. The van der Waals surface area contributed by atoms with Gasteiger partial charge in [0, 0.05) is 18.4 Å². The van der Waals surface area contributed by atoms with E-state index in [1.54, 1.807) is 19.1 Å². The van der Waals surface area contributed by atoms with E-state index in [2.05, 4.69) is 0 Å². The minimum atomic E-state index is -2.94. The maximum absolute atomic E-state index is 12.0. The maximum Gasteiger partial charge on any atom is 0.258 e. The zero-order chi connectivity index (χ0) is 16.3. The van der Waals surface area contributed by atoms with Crippen molar-refractivity contribution in [2.24, 2.45) is 0 Å². The predicted molar refractivity (Wildman–Crippen MR) is 86.5 cm³/mol. The average molecular weight is 321 g/mol. The lowest BCUT2D eigenvalue weighted by atomic mass is 10.1. The summed E-state index contributed by atoms with van der Waals surface area (Å²) in [5, 5.41) is 9.92. The van der Waals surface area contributed by atoms with Crippen LogP contribution in [0.2, 0.25) is 0 Å². The van der Waals surface area contributed by atoms with Gasteiger partial charge in [0.2, 0.25) is 0 Å². The fourth-order valence-corrected chi connectivity index (χ4v) is 2.96. The molecule has 0 saturated heterocycles. The molecule has 118 valence electrons. The summed E-state index contributed by atoms with van der Waals surface area (Å²) in [5.74, 6) is 0.0577. The van der Waals surface area contributed by atoms with E-state index in [4.69, 9.17) is 0 Å². The van der Waals surface area contributed by atoms with Gasteiger partial charge in [0.05, 0.1) is 11.4 Å². The number of nitrogens with zero attached hydrogens (tertiary/aromatic N) is 1. The number of aryl methyl sites for hydroxylation is 2. The van der Waals surface area contributed by atoms with Crippen molar-refractivity contribution in [3.63, 3.8) is 0 Å². The molecular weight excluding hydrogens is 302 g/mol. The monoisotopic (exact) mass is 321 g/mol. The van der Waals surface area contributed by atoms with Crippen LogP contribution in [0, 0.1) is 6.92 Å². The number of benzene rings is 1. The molecule has 1 heterocycles. The number of hydrogen-bond acceptors (Lipinski definition) is 4. The fourth-order valence-electron chi connectivity index (χ4n) is 2.29. The number of pyridine rings is 1. The van der Waals surface area contributed by atoms with Gasteiger partial charge in [-0.2, -0.15) is 0 Å². The lowest BCUT2D eigenvalue weighted by Crippen LogP contribution is -2.17. The van der Waals surface area contributed by atoms with E-state index in [0.717, 1.165) is 5.56 Å². The number of hydrogen-bond donors (Lipinski definition) is 1. The van der Waals surface area contributed by atoms with Gasteiger partial charge in [-0.25, -0.2) is 13.0 Å². The Bertz CT molecular complexity index is 820. The van der Waals surface area contributed by atoms with E-state index in [1.807, 2.05) is 12.1 Å². The van der Waals surface area contributed by atoms with Gasteiger partial charge in [-0.1, -0.05) is 12.1 Å². The highest BCUT2D eigenvalue weighted by Crippen LogP contribution is 2.16. The third-order valence-corrected chi connectivity index (χ3v) is 4.36. The number of aromatic hydroxyl groups is 1. The largest absolute Gasteiger partial charge is 0.494 e.